The Morgan fingerprint density at radius 3 is 1.73 bits per heavy atom. The lowest BCUT2D eigenvalue weighted by Crippen LogP contribution is -2.19. The average Bonchev–Trinajstić information content (AvgIpc) is 2.25. The summed E-state index contributed by atoms with van der Waals surface area (Å²) in [7, 11) is -8.13. The van der Waals surface area contributed by atoms with E-state index in [0.717, 1.165) is 11.3 Å². The molecular weight excluding hydrogens is 260 g/mol. The first-order valence-electron chi connectivity index (χ1n) is 3.70. The minimum absolute atomic E-state index is 0.325. The molecule has 1 aromatic rings. The van der Waals surface area contributed by atoms with Crippen LogP contribution in [0.15, 0.2) is 9.10 Å². The molecule has 0 spiro atoms. The van der Waals surface area contributed by atoms with E-state index in [1.165, 1.54) is 6.92 Å². The van der Waals surface area contributed by atoms with Crippen molar-refractivity contribution in [1.82, 2.24) is 0 Å². The van der Waals surface area contributed by atoms with Crippen molar-refractivity contribution >= 4 is 31.4 Å². The van der Waals surface area contributed by atoms with Gasteiger partial charge in [-0.2, -0.15) is 0 Å². The van der Waals surface area contributed by atoms with Crippen molar-refractivity contribution in [3.05, 3.63) is 10.4 Å². The van der Waals surface area contributed by atoms with Gasteiger partial charge in [0, 0.05) is 4.88 Å². The van der Waals surface area contributed by atoms with E-state index in [0.29, 0.717) is 10.4 Å². The van der Waals surface area contributed by atoms with Gasteiger partial charge in [0.05, 0.1) is 0 Å². The molecule has 15 heavy (non-hydrogen) atoms. The van der Waals surface area contributed by atoms with Crippen LogP contribution in [0.4, 0.5) is 0 Å². The van der Waals surface area contributed by atoms with Crippen molar-refractivity contribution in [3.8, 4) is 0 Å². The maximum atomic E-state index is 11.2. The van der Waals surface area contributed by atoms with E-state index >= 15 is 0 Å². The summed E-state index contributed by atoms with van der Waals surface area (Å²) >= 11 is 0.803. The van der Waals surface area contributed by atoms with Crippen molar-refractivity contribution in [2.75, 3.05) is 0 Å². The molecule has 86 valence electrons. The summed E-state index contributed by atoms with van der Waals surface area (Å²) in [5, 5.41) is 9.83. The lowest BCUT2D eigenvalue weighted by molar-refractivity contribution is 0.586. The number of nitrogens with two attached hydrogens (primary N) is 2. The second kappa shape index (κ2) is 3.52. The summed E-state index contributed by atoms with van der Waals surface area (Å²) < 4.78 is 44.3. The third kappa shape index (κ3) is 2.37. The minimum atomic E-state index is -4.08. The zero-order valence-electron chi connectivity index (χ0n) is 8.01. The van der Waals surface area contributed by atoms with Gasteiger partial charge in [-0.05, 0) is 19.4 Å². The van der Waals surface area contributed by atoms with Gasteiger partial charge in [0.25, 0.3) is 0 Å². The first-order chi connectivity index (χ1) is 6.55. The van der Waals surface area contributed by atoms with Crippen molar-refractivity contribution in [1.29, 1.82) is 0 Å². The molecule has 0 unspecified atom stereocenters. The summed E-state index contributed by atoms with van der Waals surface area (Å²) in [6, 6.07) is 0. The van der Waals surface area contributed by atoms with E-state index < -0.39 is 29.2 Å². The maximum Gasteiger partial charge on any atom is 0.248 e. The SMILES string of the molecule is Cc1sc(S(N)(=O)=O)c(S(N)(=O)=O)c1C. The van der Waals surface area contributed by atoms with E-state index in [2.05, 4.69) is 0 Å². The van der Waals surface area contributed by atoms with Gasteiger partial charge in [-0.1, -0.05) is 0 Å². The van der Waals surface area contributed by atoms with E-state index in [1.54, 1.807) is 6.92 Å². The molecule has 0 aliphatic carbocycles. The summed E-state index contributed by atoms with van der Waals surface area (Å²) in [6.45, 7) is 3.09. The van der Waals surface area contributed by atoms with Crippen LogP contribution in [-0.4, -0.2) is 16.8 Å². The predicted octanol–water partition coefficient (Wildman–Crippen LogP) is -0.340. The largest absolute Gasteiger partial charge is 0.248 e. The van der Waals surface area contributed by atoms with Gasteiger partial charge in [-0.15, -0.1) is 11.3 Å². The van der Waals surface area contributed by atoms with Gasteiger partial charge in [0.2, 0.25) is 20.0 Å². The summed E-state index contributed by atoms with van der Waals surface area (Å²) in [4.78, 5) is 0.163. The van der Waals surface area contributed by atoms with Crippen LogP contribution in [0.25, 0.3) is 0 Å². The van der Waals surface area contributed by atoms with Gasteiger partial charge >= 0.3 is 0 Å². The van der Waals surface area contributed by atoms with E-state index in [-0.39, 0.29) is 0 Å². The van der Waals surface area contributed by atoms with Crippen LogP contribution in [0.1, 0.15) is 10.4 Å². The van der Waals surface area contributed by atoms with Gasteiger partial charge in [-0.3, -0.25) is 0 Å². The molecule has 0 atom stereocenters. The van der Waals surface area contributed by atoms with Crippen LogP contribution in [0, 0.1) is 13.8 Å². The second-order valence-electron chi connectivity index (χ2n) is 2.99. The Morgan fingerprint density at radius 2 is 1.47 bits per heavy atom. The van der Waals surface area contributed by atoms with Crippen LogP contribution < -0.4 is 10.3 Å². The normalized spacial score (nSPS) is 13.1. The molecule has 6 nitrogen and oxygen atoms in total. The highest BCUT2D eigenvalue weighted by molar-refractivity contribution is 7.93. The summed E-state index contributed by atoms with van der Waals surface area (Å²) in [5.41, 5.74) is 0.325. The molecular formula is C6H10N2O4S3. The van der Waals surface area contributed by atoms with Crippen LogP contribution in [0.2, 0.25) is 0 Å². The van der Waals surface area contributed by atoms with E-state index in [4.69, 9.17) is 10.3 Å². The molecule has 1 aromatic heterocycles. The number of aryl methyl sites for hydroxylation is 1. The molecule has 4 N–H and O–H groups in total. The number of hydrogen-bond acceptors (Lipinski definition) is 5. The fraction of sp³-hybridized carbons (Fsp3) is 0.333. The smallest absolute Gasteiger partial charge is 0.225 e. The van der Waals surface area contributed by atoms with Gasteiger partial charge in [-0.25, -0.2) is 27.1 Å². The Hall–Kier alpha value is -0.480. The number of thiophene rings is 1. The van der Waals surface area contributed by atoms with Crippen molar-refractivity contribution < 1.29 is 16.8 Å². The monoisotopic (exact) mass is 270 g/mol. The average molecular weight is 270 g/mol. The molecule has 0 saturated heterocycles. The molecule has 1 rings (SSSR count). The van der Waals surface area contributed by atoms with Gasteiger partial charge in [0.1, 0.15) is 4.90 Å². The number of rotatable bonds is 2. The first kappa shape index (κ1) is 12.6. The third-order valence-corrected chi connectivity index (χ3v) is 5.85. The number of hydrogen-bond donors (Lipinski definition) is 2. The summed E-state index contributed by atoms with van der Waals surface area (Å²) in [6.07, 6.45) is 0. The highest BCUT2D eigenvalue weighted by atomic mass is 32.2. The molecule has 0 radical (unpaired) electrons. The third-order valence-electron chi connectivity index (χ3n) is 1.84. The molecule has 0 aliphatic rings. The Morgan fingerprint density at radius 1 is 1.00 bits per heavy atom. The maximum absolute atomic E-state index is 11.2. The minimum Gasteiger partial charge on any atom is -0.225 e. The first-order valence-corrected chi connectivity index (χ1v) is 7.61. The molecule has 1 heterocycles. The highest BCUT2D eigenvalue weighted by Crippen LogP contribution is 2.33. The zero-order chi connectivity index (χ0) is 12.0. The number of sulfonamides is 2. The lowest BCUT2D eigenvalue weighted by Gasteiger charge is -2.00. The van der Waals surface area contributed by atoms with Crippen molar-refractivity contribution in [2.24, 2.45) is 10.3 Å². The van der Waals surface area contributed by atoms with Crippen LogP contribution in [-0.2, 0) is 20.0 Å². The Bertz CT molecular complexity index is 597. The molecule has 0 fully saturated rings. The van der Waals surface area contributed by atoms with E-state index in [9.17, 15) is 16.8 Å². The topological polar surface area (TPSA) is 120 Å². The molecule has 0 bridgehead atoms. The standard InChI is InChI=1S/C6H10N2O4S3/c1-3-4(2)13-6(15(8,11)12)5(3)14(7,9)10/h1-2H3,(H2,7,9,10)(H2,8,11,12). The predicted molar refractivity (Wildman–Crippen MR) is 56.5 cm³/mol. The van der Waals surface area contributed by atoms with Crippen molar-refractivity contribution in [2.45, 2.75) is 23.0 Å². The Balaban J connectivity index is 3.79. The summed E-state index contributed by atoms with van der Waals surface area (Å²) in [5.74, 6) is 0. The van der Waals surface area contributed by atoms with Crippen LogP contribution >= 0.6 is 11.3 Å². The van der Waals surface area contributed by atoms with Crippen LogP contribution in [0.5, 0.6) is 0 Å². The Kier molecular flexibility index (Phi) is 2.96. The molecule has 0 saturated carbocycles. The van der Waals surface area contributed by atoms with Gasteiger partial charge in [0.15, 0.2) is 4.21 Å². The van der Waals surface area contributed by atoms with Gasteiger partial charge < -0.3 is 0 Å². The van der Waals surface area contributed by atoms with E-state index in [1.807, 2.05) is 0 Å². The molecule has 0 aliphatic heterocycles. The quantitative estimate of drug-likeness (QED) is 0.763. The highest BCUT2D eigenvalue weighted by Gasteiger charge is 2.27. The Labute approximate surface area is 92.0 Å². The molecule has 0 amide bonds. The number of primary sulfonamides is 2. The lowest BCUT2D eigenvalue weighted by atomic mass is 10.3. The second-order valence-corrected chi connectivity index (χ2v) is 7.47. The van der Waals surface area contributed by atoms with Crippen molar-refractivity contribution in [3.63, 3.8) is 0 Å². The zero-order valence-corrected chi connectivity index (χ0v) is 10.5. The fourth-order valence-electron chi connectivity index (χ4n) is 1.09. The fourth-order valence-corrected chi connectivity index (χ4v) is 5.17. The van der Waals surface area contributed by atoms with Crippen LogP contribution in [0.3, 0.4) is 0 Å². The molecule has 9 heteroatoms. The molecule has 0 aromatic carbocycles.